The molecule has 0 bridgehead atoms. The fourth-order valence-corrected chi connectivity index (χ4v) is 2.22. The molecule has 1 aromatic heterocycles. The van der Waals surface area contributed by atoms with Crippen molar-refractivity contribution in [3.05, 3.63) is 18.0 Å². The van der Waals surface area contributed by atoms with Crippen molar-refractivity contribution in [1.82, 2.24) is 10.1 Å². The zero-order chi connectivity index (χ0) is 14.2. The second-order valence-electron chi connectivity index (χ2n) is 4.98. The number of hydrogen-bond acceptors (Lipinski definition) is 5. The number of aromatic nitrogens is 1. The number of likely N-dealkylation sites (tertiary alicyclic amines) is 1. The Hall–Kier alpha value is -1.85. The monoisotopic (exact) mass is 280 g/mol. The number of ether oxygens (including phenoxy) is 1. The minimum absolute atomic E-state index is 0.0562. The van der Waals surface area contributed by atoms with Gasteiger partial charge in [-0.2, -0.15) is 0 Å². The van der Waals surface area contributed by atoms with Gasteiger partial charge in [0.25, 0.3) is 0 Å². The Morgan fingerprint density at radius 2 is 2.20 bits per heavy atom. The molecule has 0 spiro atoms. The van der Waals surface area contributed by atoms with Crippen LogP contribution in [-0.2, 0) is 20.7 Å². The molecule has 2 rings (SSSR count). The number of rotatable bonds is 5. The van der Waals surface area contributed by atoms with Gasteiger partial charge in [-0.25, -0.2) is 0 Å². The van der Waals surface area contributed by atoms with Crippen LogP contribution in [0.25, 0.3) is 0 Å². The van der Waals surface area contributed by atoms with E-state index in [2.05, 4.69) is 9.68 Å². The lowest BCUT2D eigenvalue weighted by molar-refractivity contribution is -0.149. The maximum absolute atomic E-state index is 11.9. The Morgan fingerprint density at radius 3 is 3.00 bits per heavy atom. The second-order valence-corrected chi connectivity index (χ2v) is 4.98. The van der Waals surface area contributed by atoms with Gasteiger partial charge in [-0.3, -0.25) is 9.59 Å². The number of esters is 1. The van der Waals surface area contributed by atoms with Gasteiger partial charge in [0.15, 0.2) is 0 Å². The molecule has 6 nitrogen and oxygen atoms in total. The first-order valence-electron chi connectivity index (χ1n) is 7.07. The van der Waals surface area contributed by atoms with Crippen LogP contribution >= 0.6 is 0 Å². The van der Waals surface area contributed by atoms with Gasteiger partial charge in [0.2, 0.25) is 5.91 Å². The summed E-state index contributed by atoms with van der Waals surface area (Å²) < 4.78 is 9.83. The van der Waals surface area contributed by atoms with Crippen LogP contribution in [0, 0.1) is 0 Å². The molecule has 0 unspecified atom stereocenters. The van der Waals surface area contributed by atoms with Crippen molar-refractivity contribution in [3.8, 4) is 0 Å². The third-order valence-electron chi connectivity index (χ3n) is 3.38. The number of nitrogens with zero attached hydrogens (tertiary/aromatic N) is 2. The van der Waals surface area contributed by atoms with Crippen LogP contribution in [0.2, 0.25) is 0 Å². The quantitative estimate of drug-likeness (QED) is 0.765. The van der Waals surface area contributed by atoms with Crippen molar-refractivity contribution >= 4 is 11.9 Å². The van der Waals surface area contributed by atoms with Crippen molar-refractivity contribution < 1.29 is 18.8 Å². The summed E-state index contributed by atoms with van der Waals surface area (Å²) in [6, 6.07) is 0. The van der Waals surface area contributed by atoms with E-state index in [-0.39, 0.29) is 25.0 Å². The summed E-state index contributed by atoms with van der Waals surface area (Å²) in [6.07, 6.45) is 8.31. The fourth-order valence-electron chi connectivity index (χ4n) is 2.22. The van der Waals surface area contributed by atoms with Crippen molar-refractivity contribution in [2.24, 2.45) is 0 Å². The SMILES string of the molecule is O=C(CN1CCCCCCC1=O)OCCc1cnoc1. The Morgan fingerprint density at radius 1 is 1.35 bits per heavy atom. The molecular weight excluding hydrogens is 260 g/mol. The smallest absolute Gasteiger partial charge is 0.325 e. The summed E-state index contributed by atoms with van der Waals surface area (Å²) in [4.78, 5) is 25.2. The van der Waals surface area contributed by atoms with E-state index in [0.29, 0.717) is 19.4 Å². The van der Waals surface area contributed by atoms with Crippen LogP contribution < -0.4 is 0 Å². The Balaban J connectivity index is 1.70. The maximum atomic E-state index is 11.9. The molecule has 1 aliphatic heterocycles. The first kappa shape index (κ1) is 14.6. The van der Waals surface area contributed by atoms with Crippen molar-refractivity contribution in [2.45, 2.75) is 38.5 Å². The molecule has 0 saturated carbocycles. The Bertz CT molecular complexity index is 430. The Labute approximate surface area is 118 Å². The largest absolute Gasteiger partial charge is 0.464 e. The summed E-state index contributed by atoms with van der Waals surface area (Å²) in [5.74, 6) is -0.295. The summed E-state index contributed by atoms with van der Waals surface area (Å²) in [7, 11) is 0. The second kappa shape index (κ2) is 7.67. The molecule has 2 heterocycles. The van der Waals surface area contributed by atoms with E-state index in [4.69, 9.17) is 4.74 Å². The molecular formula is C14H20N2O4. The lowest BCUT2D eigenvalue weighted by Gasteiger charge is -2.23. The van der Waals surface area contributed by atoms with Gasteiger partial charge in [-0.05, 0) is 12.8 Å². The minimum Gasteiger partial charge on any atom is -0.464 e. The average Bonchev–Trinajstić information content (AvgIpc) is 2.92. The van der Waals surface area contributed by atoms with Gasteiger partial charge in [-0.1, -0.05) is 18.0 Å². The molecule has 0 aliphatic carbocycles. The molecule has 6 heteroatoms. The van der Waals surface area contributed by atoms with Crippen molar-refractivity contribution in [1.29, 1.82) is 0 Å². The highest BCUT2D eigenvalue weighted by Crippen LogP contribution is 2.11. The Kier molecular flexibility index (Phi) is 5.58. The van der Waals surface area contributed by atoms with Crippen molar-refractivity contribution in [2.75, 3.05) is 19.7 Å². The molecule has 0 radical (unpaired) electrons. The van der Waals surface area contributed by atoms with E-state index in [1.165, 1.54) is 6.26 Å². The molecule has 0 N–H and O–H groups in total. The third-order valence-corrected chi connectivity index (χ3v) is 3.38. The number of carbonyl (C=O) groups is 2. The summed E-state index contributed by atoms with van der Waals surface area (Å²) >= 11 is 0. The highest BCUT2D eigenvalue weighted by Gasteiger charge is 2.18. The number of carbonyl (C=O) groups excluding carboxylic acids is 2. The van der Waals surface area contributed by atoms with Crippen molar-refractivity contribution in [3.63, 3.8) is 0 Å². The molecule has 1 fully saturated rings. The molecule has 0 atom stereocenters. The zero-order valence-electron chi connectivity index (χ0n) is 11.5. The normalized spacial score (nSPS) is 16.6. The summed E-state index contributed by atoms with van der Waals surface area (Å²) in [5, 5.41) is 3.57. The van der Waals surface area contributed by atoms with E-state index in [0.717, 1.165) is 31.2 Å². The van der Waals surface area contributed by atoms with Gasteiger partial charge in [0.1, 0.15) is 12.8 Å². The molecule has 1 aromatic rings. The highest BCUT2D eigenvalue weighted by molar-refractivity contribution is 5.82. The molecule has 1 amide bonds. The van der Waals surface area contributed by atoms with Gasteiger partial charge in [0.05, 0.1) is 12.8 Å². The average molecular weight is 280 g/mol. The number of amides is 1. The molecule has 20 heavy (non-hydrogen) atoms. The summed E-state index contributed by atoms with van der Waals surface area (Å²) in [6.45, 7) is 0.990. The van der Waals surface area contributed by atoms with Crippen LogP contribution in [0.1, 0.15) is 37.7 Å². The van der Waals surface area contributed by atoms with Gasteiger partial charge >= 0.3 is 5.97 Å². The molecule has 110 valence electrons. The van der Waals surface area contributed by atoms with Gasteiger partial charge in [0, 0.05) is 24.9 Å². The zero-order valence-corrected chi connectivity index (χ0v) is 11.5. The van der Waals surface area contributed by atoms with E-state index in [1.54, 1.807) is 11.1 Å². The van der Waals surface area contributed by atoms with Crippen LogP contribution in [-0.4, -0.2) is 41.6 Å². The van der Waals surface area contributed by atoms with Crippen LogP contribution in [0.4, 0.5) is 0 Å². The molecule has 1 aliphatic rings. The van der Waals surface area contributed by atoms with E-state index >= 15 is 0 Å². The van der Waals surface area contributed by atoms with E-state index in [9.17, 15) is 9.59 Å². The van der Waals surface area contributed by atoms with Crippen LogP contribution in [0.3, 0.4) is 0 Å². The highest BCUT2D eigenvalue weighted by atomic mass is 16.5. The standard InChI is InChI=1S/C14H20N2O4/c17-13-5-3-1-2-4-7-16(13)10-14(18)19-8-6-12-9-15-20-11-12/h9,11H,1-8,10H2. The predicted molar refractivity (Wildman–Crippen MR) is 70.8 cm³/mol. The topological polar surface area (TPSA) is 72.6 Å². The fraction of sp³-hybridized carbons (Fsp3) is 0.643. The predicted octanol–water partition coefficient (Wildman–Crippen LogP) is 1.55. The van der Waals surface area contributed by atoms with Crippen LogP contribution in [0.5, 0.6) is 0 Å². The lowest BCUT2D eigenvalue weighted by atomic mass is 10.1. The third kappa shape index (κ3) is 4.68. The maximum Gasteiger partial charge on any atom is 0.325 e. The first-order chi connectivity index (χ1) is 9.75. The first-order valence-corrected chi connectivity index (χ1v) is 7.07. The molecule has 0 aromatic carbocycles. The van der Waals surface area contributed by atoms with Crippen LogP contribution in [0.15, 0.2) is 17.0 Å². The lowest BCUT2D eigenvalue weighted by Crippen LogP contribution is -2.37. The van der Waals surface area contributed by atoms with E-state index < -0.39 is 0 Å². The molecule has 1 saturated heterocycles. The number of hydrogen-bond donors (Lipinski definition) is 0. The van der Waals surface area contributed by atoms with Gasteiger partial charge < -0.3 is 14.2 Å². The van der Waals surface area contributed by atoms with E-state index in [1.807, 2.05) is 0 Å². The summed E-state index contributed by atoms with van der Waals surface area (Å²) in [5.41, 5.74) is 0.889. The van der Waals surface area contributed by atoms with Gasteiger partial charge in [-0.15, -0.1) is 0 Å². The minimum atomic E-state index is -0.352.